The van der Waals surface area contributed by atoms with E-state index in [0.717, 1.165) is 0 Å². The third-order valence-corrected chi connectivity index (χ3v) is 13.1. The summed E-state index contributed by atoms with van der Waals surface area (Å²) in [4.78, 5) is 88.2. The number of urea groups is 8. The second kappa shape index (κ2) is 38.1. The zero-order valence-corrected chi connectivity index (χ0v) is 54.4. The minimum Gasteiger partial charge on any atom is -0.507 e. The zero-order chi connectivity index (χ0) is 78.1. The smallest absolute Gasteiger partial charge is 0.333 e. The van der Waals surface area contributed by atoms with Crippen molar-refractivity contribution in [3.63, 3.8) is 0 Å². The van der Waals surface area contributed by atoms with Crippen LogP contribution in [0.4, 0.5) is 83.9 Å². The SMILES string of the molecule is NC(=O)N(N)c1ccc(-c2ccc(N(N)C(N)=O)cc2O)c(O)c1.NC(=O)N(N)c1ccc(-c2ccc(N(N)C(N)=O)cc2O)c(O)c1.NC(=O)N(N)c1ccc(-c2ccc(N(N)C(N)=O)cc2O)c(O)c1.NC(=O)N(N)c1ccc(-c2ccc(N(N)C(N)=O)cc2O)c(O)c1.O=S.O=S.O=S. The summed E-state index contributed by atoms with van der Waals surface area (Å²) in [6.07, 6.45) is 0. The number of primary amides is 8. The number of anilines is 8. The van der Waals surface area contributed by atoms with Gasteiger partial charge in [0.25, 0.3) is 0 Å². The Balaban J connectivity index is 0.000000450. The van der Waals surface area contributed by atoms with Crippen molar-refractivity contribution in [2.45, 2.75) is 0 Å². The summed E-state index contributed by atoms with van der Waals surface area (Å²) in [6, 6.07) is 25.5. The molecule has 540 valence electrons. The summed E-state index contributed by atoms with van der Waals surface area (Å²) < 4.78 is 23.5. The molecule has 8 rings (SSSR count). The lowest BCUT2D eigenvalue weighted by Crippen LogP contribution is -2.41. The van der Waals surface area contributed by atoms with E-state index in [1.54, 1.807) is 0 Å². The van der Waals surface area contributed by atoms with Gasteiger partial charge in [0.2, 0.25) is 0 Å². The number of hydrogen-bond acceptors (Lipinski definition) is 30. The van der Waals surface area contributed by atoms with Crippen LogP contribution in [0.5, 0.6) is 46.0 Å². The predicted octanol–water partition coefficient (Wildman–Crippen LogP) is 0.121. The van der Waals surface area contributed by atoms with Gasteiger partial charge in [-0.1, -0.05) is 0 Å². The molecular weight excluding hydrogens is 1410 g/mol. The van der Waals surface area contributed by atoms with E-state index in [0.29, 0.717) is 40.1 Å². The lowest BCUT2D eigenvalue weighted by molar-refractivity contribution is 0.253. The summed E-state index contributed by atoms with van der Waals surface area (Å²) in [6.45, 7) is 0. The molecule has 46 heteroatoms. The molecule has 0 aliphatic rings. The van der Waals surface area contributed by atoms with Crippen molar-refractivity contribution in [2.24, 2.45) is 92.6 Å². The van der Waals surface area contributed by atoms with Gasteiger partial charge in [-0.15, -0.1) is 0 Å². The summed E-state index contributed by atoms with van der Waals surface area (Å²) >= 11 is 8.50. The Morgan fingerprint density at radius 1 is 0.196 bits per heavy atom. The number of aromatic hydroxyl groups is 8. The second-order valence-corrected chi connectivity index (χ2v) is 19.3. The van der Waals surface area contributed by atoms with Crippen molar-refractivity contribution in [1.82, 2.24) is 0 Å². The molecule has 0 fully saturated rings. The van der Waals surface area contributed by atoms with Crippen LogP contribution in [-0.4, -0.2) is 102 Å². The third-order valence-electron chi connectivity index (χ3n) is 13.1. The number of nitrogens with two attached hydrogens (primary N) is 16. The quantitative estimate of drug-likeness (QED) is 0.0439. The van der Waals surface area contributed by atoms with Gasteiger partial charge in [-0.05, 0) is 97.1 Å². The molecule has 102 heavy (non-hydrogen) atoms. The lowest BCUT2D eigenvalue weighted by atomic mass is 10.0. The first-order valence-corrected chi connectivity index (χ1v) is 27.8. The largest absolute Gasteiger partial charge is 0.507 e. The van der Waals surface area contributed by atoms with Crippen LogP contribution >= 0.6 is 0 Å². The lowest BCUT2D eigenvalue weighted by Gasteiger charge is -2.17. The van der Waals surface area contributed by atoms with Gasteiger partial charge >= 0.3 is 48.2 Å². The second-order valence-electron chi connectivity index (χ2n) is 19.3. The van der Waals surface area contributed by atoms with Crippen LogP contribution in [0.3, 0.4) is 0 Å². The van der Waals surface area contributed by atoms with Crippen LogP contribution < -0.4 is 133 Å². The molecule has 0 atom stereocenters. The Morgan fingerprint density at radius 2 is 0.275 bits per heavy atom. The molecular formula is C56H64N24O19S3. The molecule has 0 spiro atoms. The average Bonchev–Trinajstić information content (AvgIpc) is 0.821. The fourth-order valence-corrected chi connectivity index (χ4v) is 8.20. The number of hydrogen-bond donors (Lipinski definition) is 24. The van der Waals surface area contributed by atoms with Crippen LogP contribution in [0.25, 0.3) is 44.5 Å². The highest BCUT2D eigenvalue weighted by Gasteiger charge is 2.22. The molecule has 8 aromatic rings. The van der Waals surface area contributed by atoms with Gasteiger partial charge < -0.3 is 86.7 Å². The maximum atomic E-state index is 11.0. The number of carbonyl (C=O) groups is 8. The average molecular weight is 1470 g/mol. The Morgan fingerprint density at radius 3 is 0.333 bits per heavy atom. The first-order valence-electron chi connectivity index (χ1n) is 26.8. The van der Waals surface area contributed by atoms with Crippen molar-refractivity contribution >= 4 is 131 Å². The molecule has 0 aliphatic carbocycles. The highest BCUT2D eigenvalue weighted by Crippen LogP contribution is 2.43. The minimum absolute atomic E-state index is 0.168. The van der Waals surface area contributed by atoms with E-state index in [9.17, 15) is 79.2 Å². The maximum absolute atomic E-state index is 11.0. The van der Waals surface area contributed by atoms with E-state index < -0.39 is 48.2 Å². The van der Waals surface area contributed by atoms with Crippen LogP contribution in [-0.2, 0) is 37.6 Å². The highest BCUT2D eigenvalue weighted by molar-refractivity contribution is 7.44. The molecule has 0 radical (unpaired) electrons. The van der Waals surface area contributed by atoms with Crippen LogP contribution in [0.15, 0.2) is 146 Å². The Hall–Kier alpha value is -13.9. The summed E-state index contributed by atoms with van der Waals surface area (Å²) in [5, 5.41) is 86.2. The number of benzene rings is 8. The summed E-state index contributed by atoms with van der Waals surface area (Å²) in [7, 11) is 0. The van der Waals surface area contributed by atoms with E-state index in [2.05, 4.69) is 37.6 Å². The Kier molecular flexibility index (Phi) is 31.4. The van der Waals surface area contributed by atoms with Gasteiger partial charge in [-0.3, -0.25) is 0 Å². The van der Waals surface area contributed by atoms with Crippen molar-refractivity contribution in [1.29, 1.82) is 0 Å². The molecule has 16 amide bonds. The Bertz CT molecular complexity index is 3590. The molecule has 0 aliphatic heterocycles. The van der Waals surface area contributed by atoms with Crippen molar-refractivity contribution in [3.05, 3.63) is 146 Å². The highest BCUT2D eigenvalue weighted by atomic mass is 32.1. The molecule has 0 saturated carbocycles. The van der Waals surface area contributed by atoms with E-state index >= 15 is 0 Å². The molecule has 0 bridgehead atoms. The number of hydrazine groups is 8. The van der Waals surface area contributed by atoms with E-state index in [1.165, 1.54) is 146 Å². The number of amides is 16. The minimum atomic E-state index is -0.899. The molecule has 0 heterocycles. The van der Waals surface area contributed by atoms with Crippen molar-refractivity contribution in [3.8, 4) is 90.5 Å². The van der Waals surface area contributed by atoms with Gasteiger partial charge in [-0.25, -0.2) is 125 Å². The molecule has 40 N–H and O–H groups in total. The zero-order valence-electron chi connectivity index (χ0n) is 52.0. The van der Waals surface area contributed by atoms with Crippen LogP contribution in [0.2, 0.25) is 0 Å². The summed E-state index contributed by atoms with van der Waals surface area (Å²) in [5.41, 5.74) is 43.9. The standard InChI is InChI=1S/4C14H16N6O4.3OS/c4*15-13(23)19(17)7-1-3-9(11(21)5-7)10-4-2-8(6-12(10)22)20(18)14(16)24;3*1-2/h4*1-6,21-22H,17-18H2,(H2,15,23)(H2,16,24);;;. The normalized spacial score (nSPS) is 9.76. The maximum Gasteiger partial charge on any atom is 0.333 e. The van der Waals surface area contributed by atoms with Crippen molar-refractivity contribution < 1.29 is 91.8 Å². The van der Waals surface area contributed by atoms with Gasteiger partial charge in [0, 0.05) is 93.0 Å². The number of nitrogens with zero attached hydrogens (tertiary/aromatic N) is 8. The molecule has 8 aromatic carbocycles. The third kappa shape index (κ3) is 21.5. The number of phenolic OH excluding ortho intramolecular Hbond substituents is 8. The first-order chi connectivity index (χ1) is 47.9. The number of carbonyl (C=O) groups excluding carboxylic acids is 8. The van der Waals surface area contributed by atoms with Gasteiger partial charge in [0.15, 0.2) is 37.6 Å². The van der Waals surface area contributed by atoms with Gasteiger partial charge in [-0.2, -0.15) is 12.6 Å². The molecule has 0 saturated heterocycles. The van der Waals surface area contributed by atoms with E-state index in [-0.39, 0.29) is 136 Å². The Labute approximate surface area is 589 Å². The molecule has 0 aromatic heterocycles. The fourth-order valence-electron chi connectivity index (χ4n) is 8.20. The molecule has 43 nitrogen and oxygen atoms in total. The fraction of sp³-hybridized carbons (Fsp3) is 0. The van der Waals surface area contributed by atoms with Crippen LogP contribution in [0, 0.1) is 0 Å². The van der Waals surface area contributed by atoms with Crippen molar-refractivity contribution in [2.75, 3.05) is 40.1 Å². The number of phenols is 8. The monoisotopic (exact) mass is 1470 g/mol. The summed E-state index contributed by atoms with van der Waals surface area (Å²) in [5.74, 6) is 41.6. The topological polar surface area (TPSA) is 792 Å². The first kappa shape index (κ1) is 84.1. The van der Waals surface area contributed by atoms with Gasteiger partial charge in [0.05, 0.1) is 45.5 Å². The number of rotatable bonds is 12. The van der Waals surface area contributed by atoms with E-state index in [1.807, 2.05) is 0 Å². The van der Waals surface area contributed by atoms with Crippen LogP contribution in [0.1, 0.15) is 0 Å². The van der Waals surface area contributed by atoms with E-state index in [4.69, 9.17) is 105 Å². The van der Waals surface area contributed by atoms with Gasteiger partial charge in [0.1, 0.15) is 46.0 Å². The predicted molar refractivity (Wildman–Crippen MR) is 375 cm³/mol. The molecule has 0 unspecified atom stereocenters.